The van der Waals surface area contributed by atoms with E-state index in [2.05, 4.69) is 31.9 Å². The van der Waals surface area contributed by atoms with Crippen LogP contribution in [0, 0.1) is 0 Å². The molecule has 0 aliphatic heterocycles. The molecule has 2 nitrogen and oxygen atoms in total. The molecule has 0 saturated heterocycles. The van der Waals surface area contributed by atoms with Crippen LogP contribution < -0.4 is 5.73 Å². The molecule has 0 radical (unpaired) electrons. The summed E-state index contributed by atoms with van der Waals surface area (Å²) in [5.74, 6) is 0. The van der Waals surface area contributed by atoms with E-state index in [0.717, 1.165) is 12.1 Å². The summed E-state index contributed by atoms with van der Waals surface area (Å²) in [5.41, 5.74) is 7.95. The molecule has 0 aliphatic rings. The Balaban J connectivity index is 2.77. The van der Waals surface area contributed by atoms with Crippen molar-refractivity contribution in [1.82, 2.24) is 4.90 Å². The SMILES string of the molecule is CCCC(C)N(C)Cc1ccccc1C(N)=S. The Morgan fingerprint density at radius 2 is 2.06 bits per heavy atom. The summed E-state index contributed by atoms with van der Waals surface area (Å²) < 4.78 is 0. The highest BCUT2D eigenvalue weighted by atomic mass is 32.1. The quantitative estimate of drug-likeness (QED) is 0.787. The highest BCUT2D eigenvalue weighted by Crippen LogP contribution is 2.14. The highest BCUT2D eigenvalue weighted by molar-refractivity contribution is 7.80. The first kappa shape index (κ1) is 14.1. The Hall–Kier alpha value is -0.930. The van der Waals surface area contributed by atoms with Crippen molar-refractivity contribution in [2.24, 2.45) is 5.73 Å². The van der Waals surface area contributed by atoms with Gasteiger partial charge in [-0.2, -0.15) is 0 Å². The van der Waals surface area contributed by atoms with Crippen LogP contribution in [0.1, 0.15) is 37.8 Å². The number of rotatable bonds is 6. The summed E-state index contributed by atoms with van der Waals surface area (Å²) in [6, 6.07) is 8.70. The van der Waals surface area contributed by atoms with Crippen LogP contribution in [0.4, 0.5) is 0 Å². The Labute approximate surface area is 110 Å². The molecule has 0 spiro atoms. The van der Waals surface area contributed by atoms with E-state index in [1.807, 2.05) is 18.2 Å². The smallest absolute Gasteiger partial charge is 0.104 e. The molecule has 1 atom stereocenters. The molecular formula is C14H22N2S. The van der Waals surface area contributed by atoms with Crippen molar-refractivity contribution in [2.45, 2.75) is 39.3 Å². The predicted molar refractivity (Wildman–Crippen MR) is 78.2 cm³/mol. The molecule has 0 saturated carbocycles. The molecule has 3 heteroatoms. The Bertz CT molecular complexity index is 376. The number of benzene rings is 1. The first-order valence-corrected chi connectivity index (χ1v) is 6.55. The molecule has 94 valence electrons. The number of thiocarbonyl (C=S) groups is 1. The molecule has 0 amide bonds. The van der Waals surface area contributed by atoms with Gasteiger partial charge >= 0.3 is 0 Å². The van der Waals surface area contributed by atoms with Gasteiger partial charge in [0.05, 0.1) is 0 Å². The van der Waals surface area contributed by atoms with Crippen molar-refractivity contribution < 1.29 is 0 Å². The minimum absolute atomic E-state index is 0.483. The van der Waals surface area contributed by atoms with E-state index < -0.39 is 0 Å². The average Bonchev–Trinajstić information content (AvgIpc) is 2.29. The van der Waals surface area contributed by atoms with Gasteiger partial charge in [0.2, 0.25) is 0 Å². The van der Waals surface area contributed by atoms with Gasteiger partial charge in [-0.1, -0.05) is 49.8 Å². The van der Waals surface area contributed by atoms with Crippen molar-refractivity contribution in [3.63, 3.8) is 0 Å². The van der Waals surface area contributed by atoms with Gasteiger partial charge in [-0.3, -0.25) is 4.90 Å². The van der Waals surface area contributed by atoms with Crippen LogP contribution in [0.2, 0.25) is 0 Å². The van der Waals surface area contributed by atoms with Gasteiger partial charge in [0, 0.05) is 18.2 Å². The molecule has 1 aromatic rings. The van der Waals surface area contributed by atoms with Gasteiger partial charge in [-0.15, -0.1) is 0 Å². The third kappa shape index (κ3) is 4.10. The second-order valence-corrected chi connectivity index (χ2v) is 5.01. The van der Waals surface area contributed by atoms with Gasteiger partial charge in [0.25, 0.3) is 0 Å². The van der Waals surface area contributed by atoms with E-state index in [0.29, 0.717) is 11.0 Å². The first-order valence-electron chi connectivity index (χ1n) is 6.14. The van der Waals surface area contributed by atoms with Crippen LogP contribution in [0.25, 0.3) is 0 Å². The van der Waals surface area contributed by atoms with E-state index in [9.17, 15) is 0 Å². The van der Waals surface area contributed by atoms with Gasteiger partial charge < -0.3 is 5.73 Å². The molecule has 0 aliphatic carbocycles. The molecule has 1 aromatic carbocycles. The number of nitrogens with two attached hydrogens (primary N) is 1. The van der Waals surface area contributed by atoms with Gasteiger partial charge in [0.15, 0.2) is 0 Å². The number of hydrogen-bond donors (Lipinski definition) is 1. The van der Waals surface area contributed by atoms with Crippen LogP contribution >= 0.6 is 12.2 Å². The predicted octanol–water partition coefficient (Wildman–Crippen LogP) is 2.94. The maximum atomic E-state index is 5.74. The van der Waals surface area contributed by atoms with Crippen LogP contribution in [-0.4, -0.2) is 23.0 Å². The van der Waals surface area contributed by atoms with Crippen molar-refractivity contribution in [3.05, 3.63) is 35.4 Å². The summed E-state index contributed by atoms with van der Waals surface area (Å²) >= 11 is 5.08. The zero-order valence-electron chi connectivity index (χ0n) is 10.9. The zero-order chi connectivity index (χ0) is 12.8. The lowest BCUT2D eigenvalue weighted by atomic mass is 10.1. The summed E-state index contributed by atoms with van der Waals surface area (Å²) in [5, 5.41) is 0. The lowest BCUT2D eigenvalue weighted by Crippen LogP contribution is -2.29. The number of nitrogens with zero attached hydrogens (tertiary/aromatic N) is 1. The van der Waals surface area contributed by atoms with E-state index in [1.165, 1.54) is 18.4 Å². The van der Waals surface area contributed by atoms with E-state index in [1.54, 1.807) is 0 Å². The van der Waals surface area contributed by atoms with Crippen LogP contribution in [-0.2, 0) is 6.54 Å². The van der Waals surface area contributed by atoms with Crippen molar-refractivity contribution in [2.75, 3.05) is 7.05 Å². The summed E-state index contributed by atoms with van der Waals surface area (Å²) in [7, 11) is 2.15. The van der Waals surface area contributed by atoms with E-state index >= 15 is 0 Å². The standard InChI is InChI=1S/C14H22N2S/c1-4-7-11(2)16(3)10-12-8-5-6-9-13(12)14(15)17/h5-6,8-9,11H,4,7,10H2,1-3H3,(H2,15,17). The second kappa shape index (κ2) is 6.72. The average molecular weight is 250 g/mol. The highest BCUT2D eigenvalue weighted by Gasteiger charge is 2.11. The Morgan fingerprint density at radius 1 is 1.41 bits per heavy atom. The van der Waals surface area contributed by atoms with Crippen molar-refractivity contribution in [1.29, 1.82) is 0 Å². The maximum absolute atomic E-state index is 5.74. The molecule has 2 N–H and O–H groups in total. The fourth-order valence-corrected chi connectivity index (χ4v) is 2.16. The lowest BCUT2D eigenvalue weighted by Gasteiger charge is -2.25. The summed E-state index contributed by atoms with van der Waals surface area (Å²) in [6.45, 7) is 5.37. The van der Waals surface area contributed by atoms with E-state index in [4.69, 9.17) is 18.0 Å². The fraction of sp³-hybridized carbons (Fsp3) is 0.500. The van der Waals surface area contributed by atoms with Crippen molar-refractivity contribution >= 4 is 17.2 Å². The maximum Gasteiger partial charge on any atom is 0.104 e. The number of hydrogen-bond acceptors (Lipinski definition) is 2. The fourth-order valence-electron chi connectivity index (χ4n) is 1.96. The summed E-state index contributed by atoms with van der Waals surface area (Å²) in [4.78, 5) is 2.83. The van der Waals surface area contributed by atoms with Crippen molar-refractivity contribution in [3.8, 4) is 0 Å². The van der Waals surface area contributed by atoms with Crippen LogP contribution in [0.5, 0.6) is 0 Å². The molecule has 1 unspecified atom stereocenters. The van der Waals surface area contributed by atoms with E-state index in [-0.39, 0.29) is 0 Å². The van der Waals surface area contributed by atoms with Crippen LogP contribution in [0.15, 0.2) is 24.3 Å². The normalized spacial score (nSPS) is 12.7. The molecule has 17 heavy (non-hydrogen) atoms. The molecule has 1 rings (SSSR count). The molecule has 0 bridgehead atoms. The molecular weight excluding hydrogens is 228 g/mol. The van der Waals surface area contributed by atoms with Gasteiger partial charge in [-0.05, 0) is 26.0 Å². The first-order chi connectivity index (χ1) is 8.06. The minimum atomic E-state index is 0.483. The minimum Gasteiger partial charge on any atom is -0.389 e. The Morgan fingerprint density at radius 3 is 2.65 bits per heavy atom. The Kier molecular flexibility index (Phi) is 5.59. The van der Waals surface area contributed by atoms with Crippen LogP contribution in [0.3, 0.4) is 0 Å². The van der Waals surface area contributed by atoms with Gasteiger partial charge in [-0.25, -0.2) is 0 Å². The molecule has 0 aromatic heterocycles. The monoisotopic (exact) mass is 250 g/mol. The third-order valence-corrected chi connectivity index (χ3v) is 3.38. The lowest BCUT2D eigenvalue weighted by molar-refractivity contribution is 0.237. The third-order valence-electron chi connectivity index (χ3n) is 3.16. The molecule has 0 heterocycles. The molecule has 0 fully saturated rings. The van der Waals surface area contributed by atoms with Gasteiger partial charge in [0.1, 0.15) is 4.99 Å². The topological polar surface area (TPSA) is 29.3 Å². The second-order valence-electron chi connectivity index (χ2n) is 4.57. The zero-order valence-corrected chi connectivity index (χ0v) is 11.8. The summed E-state index contributed by atoms with van der Waals surface area (Å²) in [6.07, 6.45) is 2.42. The largest absolute Gasteiger partial charge is 0.389 e.